The maximum atomic E-state index is 12.7. The summed E-state index contributed by atoms with van der Waals surface area (Å²) >= 11 is 6.09. The van der Waals surface area contributed by atoms with E-state index in [-0.39, 0.29) is 5.91 Å². The van der Waals surface area contributed by atoms with E-state index < -0.39 is 0 Å². The molecule has 0 atom stereocenters. The molecule has 0 fully saturated rings. The van der Waals surface area contributed by atoms with Crippen molar-refractivity contribution in [1.29, 1.82) is 0 Å². The van der Waals surface area contributed by atoms with Crippen molar-refractivity contribution in [2.45, 2.75) is 13.8 Å². The predicted molar refractivity (Wildman–Crippen MR) is 102 cm³/mol. The minimum atomic E-state index is -0.197. The molecule has 0 aromatic heterocycles. The van der Waals surface area contributed by atoms with Crippen LogP contribution < -0.4 is 10.1 Å². The Morgan fingerprint density at radius 3 is 2.44 bits per heavy atom. The zero-order valence-corrected chi connectivity index (χ0v) is 14.8. The number of anilines is 1. The maximum Gasteiger partial charge on any atom is 0.256 e. The molecule has 0 aliphatic carbocycles. The highest BCUT2D eigenvalue weighted by atomic mass is 35.5. The van der Waals surface area contributed by atoms with Crippen LogP contribution in [0.2, 0.25) is 5.02 Å². The van der Waals surface area contributed by atoms with Gasteiger partial charge in [-0.15, -0.1) is 0 Å². The number of aryl methyl sites for hydroxylation is 2. The van der Waals surface area contributed by atoms with E-state index in [1.54, 1.807) is 18.2 Å². The molecule has 1 N–H and O–H groups in total. The molecule has 126 valence electrons. The normalized spacial score (nSPS) is 10.4. The molecule has 3 rings (SSSR count). The van der Waals surface area contributed by atoms with Crippen molar-refractivity contribution in [3.8, 4) is 11.5 Å². The largest absolute Gasteiger partial charge is 0.455 e. The van der Waals surface area contributed by atoms with Crippen LogP contribution in [-0.2, 0) is 0 Å². The fraction of sp³-hybridized carbons (Fsp3) is 0.0952. The molecule has 4 heteroatoms. The first-order chi connectivity index (χ1) is 12.0. The summed E-state index contributed by atoms with van der Waals surface area (Å²) in [5, 5.41) is 3.42. The van der Waals surface area contributed by atoms with Gasteiger partial charge in [0.2, 0.25) is 0 Å². The Hall–Kier alpha value is -2.78. The highest BCUT2D eigenvalue weighted by molar-refractivity contribution is 6.31. The second-order valence-corrected chi connectivity index (χ2v) is 6.26. The Kier molecular flexibility index (Phi) is 5.05. The third-order valence-corrected chi connectivity index (χ3v) is 4.02. The summed E-state index contributed by atoms with van der Waals surface area (Å²) < 4.78 is 5.88. The van der Waals surface area contributed by atoms with Gasteiger partial charge >= 0.3 is 0 Å². The third-order valence-electron chi connectivity index (χ3n) is 3.79. The number of carbonyl (C=O) groups is 1. The molecule has 3 aromatic carbocycles. The lowest BCUT2D eigenvalue weighted by molar-refractivity contribution is 0.102. The average molecular weight is 352 g/mol. The van der Waals surface area contributed by atoms with E-state index in [1.807, 2.05) is 62.4 Å². The van der Waals surface area contributed by atoms with Crippen LogP contribution in [0.25, 0.3) is 0 Å². The molecule has 0 spiro atoms. The van der Waals surface area contributed by atoms with Gasteiger partial charge in [0.1, 0.15) is 5.75 Å². The number of ether oxygens (including phenoxy) is 1. The fourth-order valence-corrected chi connectivity index (χ4v) is 2.73. The monoisotopic (exact) mass is 351 g/mol. The first kappa shape index (κ1) is 17.1. The molecule has 3 aromatic rings. The molecule has 0 aliphatic heterocycles. The fourth-order valence-electron chi connectivity index (χ4n) is 2.56. The number of para-hydroxylation sites is 1. The van der Waals surface area contributed by atoms with Crippen LogP contribution in [-0.4, -0.2) is 5.91 Å². The van der Waals surface area contributed by atoms with Crippen LogP contribution in [0.15, 0.2) is 66.7 Å². The van der Waals surface area contributed by atoms with Crippen molar-refractivity contribution in [3.63, 3.8) is 0 Å². The molecule has 1 amide bonds. The molecular formula is C21H18ClNO2. The Labute approximate surface area is 152 Å². The van der Waals surface area contributed by atoms with Crippen LogP contribution in [0.3, 0.4) is 0 Å². The van der Waals surface area contributed by atoms with Gasteiger partial charge in [-0.25, -0.2) is 0 Å². The highest BCUT2D eigenvalue weighted by Gasteiger charge is 2.13. The van der Waals surface area contributed by atoms with Crippen LogP contribution in [0.4, 0.5) is 5.69 Å². The zero-order chi connectivity index (χ0) is 17.8. The lowest BCUT2D eigenvalue weighted by Gasteiger charge is -2.14. The molecule has 0 radical (unpaired) electrons. The minimum absolute atomic E-state index is 0.197. The van der Waals surface area contributed by atoms with E-state index in [0.717, 1.165) is 11.1 Å². The first-order valence-corrected chi connectivity index (χ1v) is 8.32. The van der Waals surface area contributed by atoms with Crippen LogP contribution in [0, 0.1) is 13.8 Å². The summed E-state index contributed by atoms with van der Waals surface area (Å²) in [6, 6.07) is 20.3. The summed E-state index contributed by atoms with van der Waals surface area (Å²) in [6.45, 7) is 3.92. The van der Waals surface area contributed by atoms with E-state index in [1.165, 1.54) is 0 Å². The Morgan fingerprint density at radius 1 is 0.960 bits per heavy atom. The predicted octanol–water partition coefficient (Wildman–Crippen LogP) is 6.00. The van der Waals surface area contributed by atoms with Crippen LogP contribution in [0.5, 0.6) is 11.5 Å². The molecule has 0 saturated carbocycles. The SMILES string of the molecule is Cc1ccc(C(=O)Nc2cc(Cl)ccc2Oc2ccccc2)c(C)c1. The van der Waals surface area contributed by atoms with Crippen molar-refractivity contribution in [1.82, 2.24) is 0 Å². The van der Waals surface area contributed by atoms with E-state index in [4.69, 9.17) is 16.3 Å². The van der Waals surface area contributed by atoms with Crippen LogP contribution >= 0.6 is 11.6 Å². The zero-order valence-electron chi connectivity index (χ0n) is 14.0. The van der Waals surface area contributed by atoms with E-state index in [9.17, 15) is 4.79 Å². The lowest BCUT2D eigenvalue weighted by Crippen LogP contribution is -2.14. The van der Waals surface area contributed by atoms with Crippen LogP contribution in [0.1, 0.15) is 21.5 Å². The number of carbonyl (C=O) groups excluding carboxylic acids is 1. The summed E-state index contributed by atoms with van der Waals surface area (Å²) in [5.41, 5.74) is 3.19. The van der Waals surface area contributed by atoms with Crippen molar-refractivity contribution in [3.05, 3.63) is 88.4 Å². The summed E-state index contributed by atoms with van der Waals surface area (Å²) in [6.07, 6.45) is 0. The first-order valence-electron chi connectivity index (χ1n) is 7.94. The van der Waals surface area contributed by atoms with Gasteiger partial charge in [-0.1, -0.05) is 47.5 Å². The molecule has 0 heterocycles. The average Bonchev–Trinajstić information content (AvgIpc) is 2.58. The van der Waals surface area contributed by atoms with Gasteiger partial charge in [0.05, 0.1) is 5.69 Å². The van der Waals surface area contributed by atoms with Gasteiger partial charge < -0.3 is 10.1 Å². The van der Waals surface area contributed by atoms with Gasteiger partial charge in [0, 0.05) is 10.6 Å². The number of amides is 1. The maximum absolute atomic E-state index is 12.7. The molecule has 0 aliphatic rings. The van der Waals surface area contributed by atoms with Gasteiger partial charge in [-0.05, 0) is 55.8 Å². The second-order valence-electron chi connectivity index (χ2n) is 5.83. The molecule has 0 saturated heterocycles. The van der Waals surface area contributed by atoms with Gasteiger partial charge in [0.15, 0.2) is 5.75 Å². The molecular weight excluding hydrogens is 334 g/mol. The standard InChI is InChI=1S/C21H18ClNO2/c1-14-8-10-18(15(2)12-14)21(24)23-19-13-16(22)9-11-20(19)25-17-6-4-3-5-7-17/h3-13H,1-2H3,(H,23,24). The molecule has 0 bridgehead atoms. The van der Waals surface area contributed by atoms with E-state index in [0.29, 0.717) is 27.8 Å². The molecule has 0 unspecified atom stereocenters. The summed E-state index contributed by atoms with van der Waals surface area (Å²) in [4.78, 5) is 12.7. The van der Waals surface area contributed by atoms with Crippen molar-refractivity contribution < 1.29 is 9.53 Å². The van der Waals surface area contributed by atoms with E-state index in [2.05, 4.69) is 5.32 Å². The number of halogens is 1. The minimum Gasteiger partial charge on any atom is -0.455 e. The Balaban J connectivity index is 1.88. The van der Waals surface area contributed by atoms with Crippen molar-refractivity contribution >= 4 is 23.2 Å². The van der Waals surface area contributed by atoms with Crippen molar-refractivity contribution in [2.24, 2.45) is 0 Å². The van der Waals surface area contributed by atoms with Crippen molar-refractivity contribution in [2.75, 3.05) is 5.32 Å². The van der Waals surface area contributed by atoms with E-state index >= 15 is 0 Å². The molecule has 3 nitrogen and oxygen atoms in total. The summed E-state index contributed by atoms with van der Waals surface area (Å²) in [7, 11) is 0. The number of benzene rings is 3. The number of hydrogen-bond acceptors (Lipinski definition) is 2. The number of nitrogens with one attached hydrogen (secondary N) is 1. The Bertz CT molecular complexity index is 907. The lowest BCUT2D eigenvalue weighted by atomic mass is 10.1. The van der Waals surface area contributed by atoms with Gasteiger partial charge in [-0.2, -0.15) is 0 Å². The Morgan fingerprint density at radius 2 is 1.72 bits per heavy atom. The second kappa shape index (κ2) is 7.41. The number of rotatable bonds is 4. The quantitative estimate of drug-likeness (QED) is 0.625. The topological polar surface area (TPSA) is 38.3 Å². The molecule has 25 heavy (non-hydrogen) atoms. The van der Waals surface area contributed by atoms with Gasteiger partial charge in [-0.3, -0.25) is 4.79 Å². The highest BCUT2D eigenvalue weighted by Crippen LogP contribution is 2.32. The smallest absolute Gasteiger partial charge is 0.256 e. The van der Waals surface area contributed by atoms with Gasteiger partial charge in [0.25, 0.3) is 5.91 Å². The summed E-state index contributed by atoms with van der Waals surface area (Å²) in [5.74, 6) is 1.03. The third kappa shape index (κ3) is 4.20. The number of hydrogen-bond donors (Lipinski definition) is 1.